The second kappa shape index (κ2) is 5.25. The van der Waals surface area contributed by atoms with Crippen molar-refractivity contribution in [3.8, 4) is 11.5 Å². The molecule has 2 saturated heterocycles. The summed E-state index contributed by atoms with van der Waals surface area (Å²) in [5.74, 6) is -0.279. The molecule has 1 aromatic heterocycles. The molecule has 0 aliphatic carbocycles. The summed E-state index contributed by atoms with van der Waals surface area (Å²) in [7, 11) is 0. The highest BCUT2D eigenvalue weighted by molar-refractivity contribution is 6.30. The molecule has 0 saturated carbocycles. The van der Waals surface area contributed by atoms with E-state index in [1.54, 1.807) is 38.1 Å². The highest BCUT2D eigenvalue weighted by atomic mass is 35.5. The standard InChI is InChI=1S/C15H15ClN2O5/c1-15(2)22-11-9(19)10(20-14(11)23-15)13-18-17-12(21-13)7-3-5-8(16)6-4-7/h3-6,9-11,14,19H,1-2H3/t9-,10-,11+,14+/m0/s1. The van der Waals surface area contributed by atoms with Crippen molar-refractivity contribution in [2.75, 3.05) is 0 Å². The van der Waals surface area contributed by atoms with Crippen LogP contribution in [0.2, 0.25) is 5.02 Å². The largest absolute Gasteiger partial charge is 0.418 e. The molecule has 4 rings (SSSR count). The molecule has 122 valence electrons. The van der Waals surface area contributed by atoms with Crippen LogP contribution in [0.1, 0.15) is 25.8 Å². The van der Waals surface area contributed by atoms with E-state index in [2.05, 4.69) is 10.2 Å². The Kier molecular flexibility index (Phi) is 3.44. The van der Waals surface area contributed by atoms with E-state index in [0.717, 1.165) is 5.56 Å². The summed E-state index contributed by atoms with van der Waals surface area (Å²) in [6, 6.07) is 7.01. The number of benzene rings is 1. The third kappa shape index (κ3) is 2.64. The van der Waals surface area contributed by atoms with Gasteiger partial charge in [0.15, 0.2) is 18.2 Å². The van der Waals surface area contributed by atoms with Crippen molar-refractivity contribution in [2.45, 2.75) is 44.2 Å². The lowest BCUT2D eigenvalue weighted by Crippen LogP contribution is -2.31. The molecule has 0 amide bonds. The van der Waals surface area contributed by atoms with Crippen LogP contribution in [0.4, 0.5) is 0 Å². The molecule has 0 spiro atoms. The Morgan fingerprint density at radius 2 is 1.87 bits per heavy atom. The molecule has 1 aromatic carbocycles. The number of nitrogens with zero attached hydrogens (tertiary/aromatic N) is 2. The van der Waals surface area contributed by atoms with E-state index in [9.17, 15) is 5.11 Å². The Bertz CT molecular complexity index is 717. The van der Waals surface area contributed by atoms with Crippen LogP contribution in [0.15, 0.2) is 28.7 Å². The van der Waals surface area contributed by atoms with Gasteiger partial charge in [-0.25, -0.2) is 0 Å². The van der Waals surface area contributed by atoms with Crippen LogP contribution in [0.3, 0.4) is 0 Å². The van der Waals surface area contributed by atoms with Gasteiger partial charge in [0.05, 0.1) is 0 Å². The normalized spacial score (nSPS) is 32.2. The highest BCUT2D eigenvalue weighted by Gasteiger charge is 2.56. The molecule has 23 heavy (non-hydrogen) atoms. The first-order valence-electron chi connectivity index (χ1n) is 7.21. The van der Waals surface area contributed by atoms with E-state index in [0.29, 0.717) is 10.9 Å². The Labute approximate surface area is 137 Å². The molecule has 4 atom stereocenters. The van der Waals surface area contributed by atoms with E-state index in [-0.39, 0.29) is 5.89 Å². The lowest BCUT2D eigenvalue weighted by molar-refractivity contribution is -0.218. The minimum absolute atomic E-state index is 0.182. The van der Waals surface area contributed by atoms with Crippen LogP contribution in [0.5, 0.6) is 0 Å². The van der Waals surface area contributed by atoms with Crippen LogP contribution >= 0.6 is 11.6 Å². The molecule has 2 fully saturated rings. The molecule has 0 radical (unpaired) electrons. The number of aliphatic hydroxyl groups is 1. The van der Waals surface area contributed by atoms with E-state index in [1.165, 1.54) is 0 Å². The van der Waals surface area contributed by atoms with E-state index >= 15 is 0 Å². The first-order chi connectivity index (χ1) is 10.9. The average molecular weight is 339 g/mol. The summed E-state index contributed by atoms with van der Waals surface area (Å²) in [6.07, 6.45) is -2.97. The van der Waals surface area contributed by atoms with Crippen molar-refractivity contribution in [3.63, 3.8) is 0 Å². The van der Waals surface area contributed by atoms with Crippen LogP contribution in [0, 0.1) is 0 Å². The maximum atomic E-state index is 10.4. The zero-order chi connectivity index (χ0) is 16.2. The predicted octanol–water partition coefficient (Wildman–Crippen LogP) is 2.30. The lowest BCUT2D eigenvalue weighted by atomic mass is 10.1. The van der Waals surface area contributed by atoms with Crippen molar-refractivity contribution in [1.29, 1.82) is 0 Å². The van der Waals surface area contributed by atoms with Gasteiger partial charge in [-0.3, -0.25) is 0 Å². The topological polar surface area (TPSA) is 86.8 Å². The summed E-state index contributed by atoms with van der Waals surface area (Å²) >= 11 is 5.86. The minimum atomic E-state index is -0.944. The van der Waals surface area contributed by atoms with Crippen LogP contribution in [-0.4, -0.2) is 39.6 Å². The number of ether oxygens (including phenoxy) is 3. The molecule has 2 aliphatic heterocycles. The Morgan fingerprint density at radius 3 is 2.57 bits per heavy atom. The molecule has 0 unspecified atom stereocenters. The number of hydrogen-bond acceptors (Lipinski definition) is 7. The van der Waals surface area contributed by atoms with Crippen molar-refractivity contribution in [1.82, 2.24) is 10.2 Å². The Balaban J connectivity index is 1.55. The molecule has 2 aliphatic rings. The summed E-state index contributed by atoms with van der Waals surface area (Å²) in [6.45, 7) is 3.53. The zero-order valence-corrected chi connectivity index (χ0v) is 13.2. The fourth-order valence-electron chi connectivity index (χ4n) is 2.75. The molecule has 8 heteroatoms. The fraction of sp³-hybridized carbons (Fsp3) is 0.467. The number of halogens is 1. The molecular formula is C15H15ClN2O5. The van der Waals surface area contributed by atoms with E-state index in [1.807, 2.05) is 0 Å². The average Bonchev–Trinajstić information content (AvgIpc) is 3.15. The van der Waals surface area contributed by atoms with Gasteiger partial charge in [0, 0.05) is 10.6 Å². The van der Waals surface area contributed by atoms with Crippen LogP contribution in [0.25, 0.3) is 11.5 Å². The third-order valence-electron chi connectivity index (χ3n) is 3.79. The third-order valence-corrected chi connectivity index (χ3v) is 4.04. The van der Waals surface area contributed by atoms with E-state index in [4.69, 9.17) is 30.2 Å². The van der Waals surface area contributed by atoms with Gasteiger partial charge < -0.3 is 23.7 Å². The number of aromatic nitrogens is 2. The molecule has 7 nitrogen and oxygen atoms in total. The second-order valence-electron chi connectivity index (χ2n) is 5.97. The maximum absolute atomic E-state index is 10.4. The minimum Gasteiger partial charge on any atom is -0.418 e. The first-order valence-corrected chi connectivity index (χ1v) is 7.59. The Morgan fingerprint density at radius 1 is 1.13 bits per heavy atom. The second-order valence-corrected chi connectivity index (χ2v) is 6.40. The summed E-state index contributed by atoms with van der Waals surface area (Å²) in [5, 5.41) is 19.0. The van der Waals surface area contributed by atoms with Gasteiger partial charge in [-0.05, 0) is 38.1 Å². The van der Waals surface area contributed by atoms with Crippen molar-refractivity contribution >= 4 is 11.6 Å². The van der Waals surface area contributed by atoms with Gasteiger partial charge in [0.1, 0.15) is 12.2 Å². The summed E-state index contributed by atoms with van der Waals surface area (Å²) in [5.41, 5.74) is 0.731. The predicted molar refractivity (Wildman–Crippen MR) is 78.4 cm³/mol. The molecule has 3 heterocycles. The fourth-order valence-corrected chi connectivity index (χ4v) is 2.88. The molecular weight excluding hydrogens is 324 g/mol. The van der Waals surface area contributed by atoms with Gasteiger partial charge in [-0.15, -0.1) is 10.2 Å². The molecule has 2 aromatic rings. The van der Waals surface area contributed by atoms with Crippen LogP contribution < -0.4 is 0 Å². The SMILES string of the molecule is CC1(C)O[C@H]2O[C@H](c3nnc(-c4ccc(Cl)cc4)o3)[C@H](O)[C@H]2O1. The maximum Gasteiger partial charge on any atom is 0.248 e. The molecule has 1 N–H and O–H groups in total. The summed E-state index contributed by atoms with van der Waals surface area (Å²) < 4.78 is 22.5. The first kappa shape index (κ1) is 15.0. The van der Waals surface area contributed by atoms with Gasteiger partial charge in [-0.2, -0.15) is 0 Å². The summed E-state index contributed by atoms with van der Waals surface area (Å²) in [4.78, 5) is 0. The zero-order valence-electron chi connectivity index (χ0n) is 12.5. The van der Waals surface area contributed by atoms with E-state index < -0.39 is 30.4 Å². The number of fused-ring (bicyclic) bond motifs is 1. The van der Waals surface area contributed by atoms with Crippen molar-refractivity contribution in [3.05, 3.63) is 35.2 Å². The van der Waals surface area contributed by atoms with Crippen molar-refractivity contribution < 1.29 is 23.7 Å². The van der Waals surface area contributed by atoms with Gasteiger partial charge >= 0.3 is 0 Å². The highest BCUT2D eigenvalue weighted by Crippen LogP contribution is 2.43. The van der Waals surface area contributed by atoms with Gasteiger partial charge in [0.2, 0.25) is 11.8 Å². The number of aliphatic hydroxyl groups excluding tert-OH is 1. The monoisotopic (exact) mass is 338 g/mol. The van der Waals surface area contributed by atoms with Gasteiger partial charge in [-0.1, -0.05) is 11.6 Å². The van der Waals surface area contributed by atoms with Crippen LogP contribution in [-0.2, 0) is 14.2 Å². The quantitative estimate of drug-likeness (QED) is 0.898. The molecule has 0 bridgehead atoms. The Hall–Kier alpha value is -1.51. The van der Waals surface area contributed by atoms with Gasteiger partial charge in [0.25, 0.3) is 0 Å². The number of hydrogen-bond donors (Lipinski definition) is 1. The number of rotatable bonds is 2. The van der Waals surface area contributed by atoms with Crippen molar-refractivity contribution in [2.24, 2.45) is 0 Å². The lowest BCUT2D eigenvalue weighted by Gasteiger charge is -2.21. The smallest absolute Gasteiger partial charge is 0.248 e.